The minimum absolute atomic E-state index is 0.0327. The van der Waals surface area contributed by atoms with Gasteiger partial charge in [0.05, 0.1) is 22.5 Å². The molecule has 1 N–H and O–H groups in total. The SMILES string of the molecule is N#CC1(c2ccc(F)cc2)CC=C(N2CCC(n3c(=O)[nH]c4ccccc43)CC2)CC1. The van der Waals surface area contributed by atoms with Crippen LogP contribution in [0.4, 0.5) is 4.39 Å². The number of fused-ring (bicyclic) bond motifs is 1. The molecule has 1 aliphatic heterocycles. The topological polar surface area (TPSA) is 64.8 Å². The van der Waals surface area contributed by atoms with E-state index in [9.17, 15) is 14.4 Å². The molecule has 2 heterocycles. The van der Waals surface area contributed by atoms with E-state index in [1.54, 1.807) is 12.1 Å². The summed E-state index contributed by atoms with van der Waals surface area (Å²) >= 11 is 0. The molecule has 2 aliphatic rings. The molecule has 0 bridgehead atoms. The second kappa shape index (κ2) is 7.73. The molecule has 158 valence electrons. The number of hydrogen-bond acceptors (Lipinski definition) is 3. The van der Waals surface area contributed by atoms with Crippen LogP contribution in [0.1, 0.15) is 43.7 Å². The maximum Gasteiger partial charge on any atom is 0.326 e. The molecule has 1 saturated heterocycles. The van der Waals surface area contributed by atoms with E-state index in [0.717, 1.165) is 55.4 Å². The van der Waals surface area contributed by atoms with E-state index in [1.165, 1.54) is 17.8 Å². The van der Waals surface area contributed by atoms with Gasteiger partial charge in [-0.05, 0) is 61.9 Å². The summed E-state index contributed by atoms with van der Waals surface area (Å²) in [5.74, 6) is -0.277. The molecule has 1 unspecified atom stereocenters. The lowest BCUT2D eigenvalue weighted by atomic mass is 9.72. The van der Waals surface area contributed by atoms with E-state index in [4.69, 9.17) is 0 Å². The van der Waals surface area contributed by atoms with Crippen LogP contribution in [0.5, 0.6) is 0 Å². The molecule has 5 nitrogen and oxygen atoms in total. The molecule has 1 aliphatic carbocycles. The first-order valence-corrected chi connectivity index (χ1v) is 10.9. The molecule has 6 heteroatoms. The van der Waals surface area contributed by atoms with Crippen molar-refractivity contribution in [3.8, 4) is 6.07 Å². The number of benzene rings is 2. The Kier molecular flexibility index (Phi) is 4.90. The monoisotopic (exact) mass is 416 g/mol. The van der Waals surface area contributed by atoms with E-state index >= 15 is 0 Å². The van der Waals surface area contributed by atoms with E-state index in [2.05, 4.69) is 22.0 Å². The summed E-state index contributed by atoms with van der Waals surface area (Å²) in [7, 11) is 0. The lowest BCUT2D eigenvalue weighted by molar-refractivity contribution is 0.215. The fraction of sp³-hybridized carbons (Fsp3) is 0.360. The predicted molar refractivity (Wildman–Crippen MR) is 118 cm³/mol. The van der Waals surface area contributed by atoms with Crippen molar-refractivity contribution in [2.45, 2.75) is 43.6 Å². The Labute approximate surface area is 180 Å². The Morgan fingerprint density at radius 1 is 1.10 bits per heavy atom. The third-order valence-corrected chi connectivity index (χ3v) is 6.96. The second-order valence-corrected chi connectivity index (χ2v) is 8.64. The van der Waals surface area contributed by atoms with Gasteiger partial charge in [0.25, 0.3) is 0 Å². The summed E-state index contributed by atoms with van der Waals surface area (Å²) in [6.45, 7) is 1.80. The number of nitrogens with one attached hydrogen (secondary N) is 1. The average Bonchev–Trinajstić information content (AvgIpc) is 3.15. The highest BCUT2D eigenvalue weighted by Crippen LogP contribution is 2.40. The Morgan fingerprint density at radius 2 is 1.84 bits per heavy atom. The Balaban J connectivity index is 1.29. The zero-order valence-corrected chi connectivity index (χ0v) is 17.4. The van der Waals surface area contributed by atoms with Crippen LogP contribution in [0, 0.1) is 17.1 Å². The minimum atomic E-state index is -0.577. The number of aromatic amines is 1. The first-order chi connectivity index (χ1) is 15.1. The molecular formula is C25H25FN4O. The summed E-state index contributed by atoms with van der Waals surface area (Å²) in [6.07, 6.45) is 6.24. The summed E-state index contributed by atoms with van der Waals surface area (Å²) in [5, 5.41) is 9.89. The van der Waals surface area contributed by atoms with E-state index in [1.807, 2.05) is 28.8 Å². The van der Waals surface area contributed by atoms with Crippen LogP contribution in [0.15, 0.2) is 65.1 Å². The van der Waals surface area contributed by atoms with Crippen LogP contribution < -0.4 is 5.69 Å². The van der Waals surface area contributed by atoms with Crippen molar-refractivity contribution in [1.29, 1.82) is 5.26 Å². The molecule has 0 spiro atoms. The van der Waals surface area contributed by atoms with Crippen molar-refractivity contribution in [1.82, 2.24) is 14.5 Å². The molecule has 0 saturated carbocycles. The first-order valence-electron chi connectivity index (χ1n) is 10.9. The Bertz CT molecular complexity index is 1220. The van der Waals surface area contributed by atoms with Crippen molar-refractivity contribution in [2.75, 3.05) is 13.1 Å². The van der Waals surface area contributed by atoms with Crippen molar-refractivity contribution in [3.05, 3.63) is 82.2 Å². The summed E-state index contributed by atoms with van der Waals surface area (Å²) < 4.78 is 15.2. The standard InChI is InChI=1S/C25H25FN4O/c26-19-7-5-18(6-8-19)25(17-27)13-9-20(10-14-25)29-15-11-21(12-16-29)30-23-4-2-1-3-22(23)28-24(30)31/h1-9,21H,10-16H2,(H,28,31). The smallest absolute Gasteiger partial charge is 0.326 e. The number of hydrogen-bond donors (Lipinski definition) is 1. The number of nitriles is 1. The molecule has 1 atom stereocenters. The van der Waals surface area contributed by atoms with Crippen LogP contribution >= 0.6 is 0 Å². The van der Waals surface area contributed by atoms with Crippen LogP contribution in [0.2, 0.25) is 0 Å². The normalized spacial score (nSPS) is 22.3. The van der Waals surface area contributed by atoms with Crippen LogP contribution in [0.25, 0.3) is 11.0 Å². The number of H-pyrrole nitrogens is 1. The van der Waals surface area contributed by atoms with Gasteiger partial charge in [-0.25, -0.2) is 9.18 Å². The number of piperidine rings is 1. The minimum Gasteiger partial charge on any atom is -0.375 e. The maximum atomic E-state index is 13.3. The first kappa shape index (κ1) is 19.6. The number of para-hydroxylation sites is 2. The lowest BCUT2D eigenvalue weighted by Crippen LogP contribution is -2.38. The Morgan fingerprint density at radius 3 is 2.52 bits per heavy atom. The summed E-state index contributed by atoms with van der Waals surface area (Å²) in [6, 6.07) is 16.9. The molecule has 5 rings (SSSR count). The number of likely N-dealkylation sites (tertiary alicyclic amines) is 1. The summed E-state index contributed by atoms with van der Waals surface area (Å²) in [4.78, 5) is 17.9. The largest absolute Gasteiger partial charge is 0.375 e. The predicted octanol–water partition coefficient (Wildman–Crippen LogP) is 4.63. The molecule has 0 amide bonds. The zero-order valence-electron chi connectivity index (χ0n) is 17.4. The highest BCUT2D eigenvalue weighted by Gasteiger charge is 2.35. The highest BCUT2D eigenvalue weighted by atomic mass is 19.1. The fourth-order valence-corrected chi connectivity index (χ4v) is 5.17. The molecule has 31 heavy (non-hydrogen) atoms. The third kappa shape index (κ3) is 3.44. The number of allylic oxidation sites excluding steroid dienone is 2. The van der Waals surface area contributed by atoms with Crippen LogP contribution in [-0.4, -0.2) is 27.5 Å². The number of aromatic nitrogens is 2. The van der Waals surface area contributed by atoms with Crippen molar-refractivity contribution in [2.24, 2.45) is 0 Å². The van der Waals surface area contributed by atoms with Gasteiger partial charge >= 0.3 is 5.69 Å². The second-order valence-electron chi connectivity index (χ2n) is 8.64. The maximum absolute atomic E-state index is 13.3. The molecule has 1 aromatic heterocycles. The van der Waals surface area contributed by atoms with Gasteiger partial charge in [0.2, 0.25) is 0 Å². The van der Waals surface area contributed by atoms with E-state index in [-0.39, 0.29) is 17.5 Å². The summed E-state index contributed by atoms with van der Waals surface area (Å²) in [5.41, 5.74) is 3.43. The highest BCUT2D eigenvalue weighted by molar-refractivity contribution is 5.75. The van der Waals surface area contributed by atoms with Gasteiger partial charge in [-0.3, -0.25) is 4.57 Å². The quantitative estimate of drug-likeness (QED) is 0.677. The van der Waals surface area contributed by atoms with Gasteiger partial charge in [0.1, 0.15) is 5.82 Å². The number of rotatable bonds is 3. The molecule has 1 fully saturated rings. The zero-order chi connectivity index (χ0) is 21.4. The molecule has 3 aromatic rings. The lowest BCUT2D eigenvalue weighted by Gasteiger charge is -2.39. The molecular weight excluding hydrogens is 391 g/mol. The van der Waals surface area contributed by atoms with Gasteiger partial charge in [0.15, 0.2) is 0 Å². The number of nitrogens with zero attached hydrogens (tertiary/aromatic N) is 3. The molecule has 2 aromatic carbocycles. The fourth-order valence-electron chi connectivity index (χ4n) is 5.17. The van der Waals surface area contributed by atoms with Crippen LogP contribution in [-0.2, 0) is 5.41 Å². The van der Waals surface area contributed by atoms with Gasteiger partial charge in [-0.15, -0.1) is 0 Å². The van der Waals surface area contributed by atoms with Gasteiger partial charge in [0, 0.05) is 24.8 Å². The molecule has 0 radical (unpaired) electrons. The van der Waals surface area contributed by atoms with Gasteiger partial charge in [-0.2, -0.15) is 5.26 Å². The Hall–Kier alpha value is -3.33. The van der Waals surface area contributed by atoms with Crippen LogP contribution in [0.3, 0.4) is 0 Å². The van der Waals surface area contributed by atoms with Crippen molar-refractivity contribution >= 4 is 11.0 Å². The number of imidazole rings is 1. The number of halogens is 1. The third-order valence-electron chi connectivity index (χ3n) is 6.96. The van der Waals surface area contributed by atoms with E-state index in [0.29, 0.717) is 6.42 Å². The van der Waals surface area contributed by atoms with Crippen molar-refractivity contribution in [3.63, 3.8) is 0 Å². The van der Waals surface area contributed by atoms with E-state index < -0.39 is 5.41 Å². The van der Waals surface area contributed by atoms with Gasteiger partial charge < -0.3 is 9.88 Å². The van der Waals surface area contributed by atoms with Crippen molar-refractivity contribution < 1.29 is 4.39 Å². The average molecular weight is 417 g/mol. The van der Waals surface area contributed by atoms with Gasteiger partial charge in [-0.1, -0.05) is 30.3 Å².